The van der Waals surface area contributed by atoms with Gasteiger partial charge in [-0.05, 0) is 0 Å². The normalized spacial score (nSPS) is 11.0. The smallest absolute Gasteiger partial charge is 0.319 e. The highest BCUT2D eigenvalue weighted by Gasteiger charge is 2.10. The number of aromatic nitrogens is 4. The zero-order chi connectivity index (χ0) is 11.5. The quantitative estimate of drug-likeness (QED) is 0.863. The molecule has 0 spiro atoms. The van der Waals surface area contributed by atoms with Crippen molar-refractivity contribution in [3.8, 4) is 0 Å². The van der Waals surface area contributed by atoms with Crippen molar-refractivity contribution < 1.29 is 8.78 Å². The zero-order valence-electron chi connectivity index (χ0n) is 8.64. The van der Waals surface area contributed by atoms with E-state index in [1.807, 2.05) is 0 Å². The van der Waals surface area contributed by atoms with E-state index in [0.717, 1.165) is 4.57 Å². The van der Waals surface area contributed by atoms with E-state index < -0.39 is 6.55 Å². The summed E-state index contributed by atoms with van der Waals surface area (Å²) in [6, 6.07) is 1.76. The van der Waals surface area contributed by atoms with Gasteiger partial charge in [0.2, 0.25) is 0 Å². The number of alkyl halides is 2. The molecule has 2 aromatic rings. The van der Waals surface area contributed by atoms with E-state index in [-0.39, 0.29) is 12.4 Å². The minimum atomic E-state index is -2.57. The van der Waals surface area contributed by atoms with E-state index in [0.29, 0.717) is 5.82 Å². The van der Waals surface area contributed by atoms with Crippen LogP contribution in [0.1, 0.15) is 12.4 Å². The summed E-state index contributed by atoms with van der Waals surface area (Å²) in [6.07, 6.45) is 4.36. The number of imidazole rings is 1. The number of hydrogen-bond donors (Lipinski definition) is 1. The van der Waals surface area contributed by atoms with Crippen LogP contribution in [-0.2, 0) is 13.6 Å². The molecule has 0 amide bonds. The Balaban J connectivity index is 2.02. The fourth-order valence-electron chi connectivity index (χ4n) is 1.34. The molecule has 0 saturated carbocycles. The maximum absolute atomic E-state index is 12.5. The zero-order valence-corrected chi connectivity index (χ0v) is 8.64. The third-order valence-corrected chi connectivity index (χ3v) is 2.10. The number of anilines is 1. The predicted molar refractivity (Wildman–Crippen MR) is 54.0 cm³/mol. The Morgan fingerprint density at radius 3 is 2.88 bits per heavy atom. The number of nitrogens with one attached hydrogen (secondary N) is 1. The predicted octanol–water partition coefficient (Wildman–Crippen LogP) is 1.62. The summed E-state index contributed by atoms with van der Waals surface area (Å²) in [6.45, 7) is -2.35. The summed E-state index contributed by atoms with van der Waals surface area (Å²) >= 11 is 0. The molecular formula is C9H11F2N5. The molecule has 0 aliphatic rings. The SMILES string of the molecule is Cn1ccc(NCc2nccn2C(F)F)n1. The van der Waals surface area contributed by atoms with Crippen molar-refractivity contribution in [2.45, 2.75) is 13.1 Å². The van der Waals surface area contributed by atoms with Gasteiger partial charge in [-0.2, -0.15) is 13.9 Å². The highest BCUT2D eigenvalue weighted by Crippen LogP contribution is 2.13. The van der Waals surface area contributed by atoms with Crippen LogP contribution in [0.25, 0.3) is 0 Å². The summed E-state index contributed by atoms with van der Waals surface area (Å²) in [7, 11) is 1.78. The number of aryl methyl sites for hydroxylation is 1. The average molecular weight is 227 g/mol. The van der Waals surface area contributed by atoms with Crippen LogP contribution < -0.4 is 5.32 Å². The fraction of sp³-hybridized carbons (Fsp3) is 0.333. The van der Waals surface area contributed by atoms with Crippen LogP contribution in [0.5, 0.6) is 0 Å². The van der Waals surface area contributed by atoms with Gasteiger partial charge in [-0.25, -0.2) is 4.98 Å². The lowest BCUT2D eigenvalue weighted by molar-refractivity contribution is 0.0673. The highest BCUT2D eigenvalue weighted by molar-refractivity contribution is 5.32. The van der Waals surface area contributed by atoms with Gasteiger partial charge in [0.1, 0.15) is 11.6 Å². The summed E-state index contributed by atoms with van der Waals surface area (Å²) in [5, 5.41) is 6.98. The monoisotopic (exact) mass is 227 g/mol. The van der Waals surface area contributed by atoms with Gasteiger partial charge in [0, 0.05) is 31.7 Å². The molecule has 0 radical (unpaired) electrons. The van der Waals surface area contributed by atoms with E-state index in [1.165, 1.54) is 12.4 Å². The third kappa shape index (κ3) is 2.18. The van der Waals surface area contributed by atoms with Crippen LogP contribution in [0.2, 0.25) is 0 Å². The van der Waals surface area contributed by atoms with Crippen LogP contribution in [0.15, 0.2) is 24.7 Å². The minimum absolute atomic E-state index is 0.217. The van der Waals surface area contributed by atoms with Crippen LogP contribution in [-0.4, -0.2) is 19.3 Å². The Labute approximate surface area is 90.7 Å². The molecule has 0 aromatic carbocycles. The number of nitrogens with zero attached hydrogens (tertiary/aromatic N) is 4. The first-order valence-electron chi connectivity index (χ1n) is 4.70. The van der Waals surface area contributed by atoms with Crippen molar-refractivity contribution in [1.82, 2.24) is 19.3 Å². The molecule has 5 nitrogen and oxygen atoms in total. The van der Waals surface area contributed by atoms with Gasteiger partial charge in [-0.1, -0.05) is 0 Å². The maximum atomic E-state index is 12.5. The summed E-state index contributed by atoms with van der Waals surface area (Å²) in [5.74, 6) is 0.909. The minimum Gasteiger partial charge on any atom is -0.361 e. The lowest BCUT2D eigenvalue weighted by Gasteiger charge is -2.06. The lowest BCUT2D eigenvalue weighted by atomic mass is 10.5. The highest BCUT2D eigenvalue weighted by atomic mass is 19.3. The first-order chi connectivity index (χ1) is 7.66. The Kier molecular flexibility index (Phi) is 2.84. The molecule has 0 saturated heterocycles. The van der Waals surface area contributed by atoms with E-state index in [2.05, 4.69) is 15.4 Å². The molecule has 0 aliphatic carbocycles. The van der Waals surface area contributed by atoms with Crippen LogP contribution in [0.3, 0.4) is 0 Å². The molecule has 7 heteroatoms. The fourth-order valence-corrected chi connectivity index (χ4v) is 1.34. The van der Waals surface area contributed by atoms with E-state index >= 15 is 0 Å². The summed E-state index contributed by atoms with van der Waals surface area (Å²) < 4.78 is 27.4. The molecule has 0 bridgehead atoms. The third-order valence-electron chi connectivity index (χ3n) is 2.10. The second kappa shape index (κ2) is 4.30. The molecular weight excluding hydrogens is 216 g/mol. The first kappa shape index (κ1) is 10.6. The molecule has 2 heterocycles. The molecule has 86 valence electrons. The molecule has 0 aliphatic heterocycles. The maximum Gasteiger partial charge on any atom is 0.319 e. The summed E-state index contributed by atoms with van der Waals surface area (Å²) in [4.78, 5) is 3.85. The standard InChI is InChI=1S/C9H11F2N5/c1-15-4-2-7(14-15)13-6-8-12-3-5-16(8)9(10)11/h2-5,9H,6H2,1H3,(H,13,14). The second-order valence-corrected chi connectivity index (χ2v) is 3.26. The molecule has 16 heavy (non-hydrogen) atoms. The van der Waals surface area contributed by atoms with Crippen molar-refractivity contribution in [2.75, 3.05) is 5.32 Å². The molecule has 2 aromatic heterocycles. The van der Waals surface area contributed by atoms with Crippen molar-refractivity contribution in [3.63, 3.8) is 0 Å². The Hall–Kier alpha value is -1.92. The average Bonchev–Trinajstić information content (AvgIpc) is 2.83. The van der Waals surface area contributed by atoms with Crippen LogP contribution in [0, 0.1) is 0 Å². The Bertz CT molecular complexity index is 462. The van der Waals surface area contributed by atoms with Crippen molar-refractivity contribution in [1.29, 1.82) is 0 Å². The second-order valence-electron chi connectivity index (χ2n) is 3.26. The van der Waals surface area contributed by atoms with Gasteiger partial charge < -0.3 is 5.32 Å². The lowest BCUT2D eigenvalue weighted by Crippen LogP contribution is -2.09. The van der Waals surface area contributed by atoms with Gasteiger partial charge in [0.25, 0.3) is 0 Å². The molecule has 0 atom stereocenters. The Morgan fingerprint density at radius 1 is 1.44 bits per heavy atom. The van der Waals surface area contributed by atoms with Crippen LogP contribution in [0.4, 0.5) is 14.6 Å². The van der Waals surface area contributed by atoms with E-state index in [4.69, 9.17) is 0 Å². The topological polar surface area (TPSA) is 47.7 Å². The van der Waals surface area contributed by atoms with Gasteiger partial charge in [0.05, 0.1) is 6.54 Å². The van der Waals surface area contributed by atoms with Crippen molar-refractivity contribution >= 4 is 5.82 Å². The van der Waals surface area contributed by atoms with Gasteiger partial charge in [-0.15, -0.1) is 0 Å². The van der Waals surface area contributed by atoms with Gasteiger partial charge in [0.15, 0.2) is 0 Å². The van der Waals surface area contributed by atoms with Crippen LogP contribution >= 0.6 is 0 Å². The van der Waals surface area contributed by atoms with Crippen molar-refractivity contribution in [2.24, 2.45) is 7.05 Å². The molecule has 1 N–H and O–H groups in total. The van der Waals surface area contributed by atoms with Gasteiger partial charge >= 0.3 is 6.55 Å². The molecule has 0 unspecified atom stereocenters. The number of rotatable bonds is 4. The number of halogens is 2. The van der Waals surface area contributed by atoms with E-state index in [9.17, 15) is 8.78 Å². The van der Waals surface area contributed by atoms with E-state index in [1.54, 1.807) is 24.0 Å². The van der Waals surface area contributed by atoms with Gasteiger partial charge in [-0.3, -0.25) is 9.25 Å². The largest absolute Gasteiger partial charge is 0.361 e. The number of hydrogen-bond acceptors (Lipinski definition) is 3. The Morgan fingerprint density at radius 2 is 2.25 bits per heavy atom. The first-order valence-corrected chi connectivity index (χ1v) is 4.70. The summed E-state index contributed by atoms with van der Waals surface area (Å²) in [5.41, 5.74) is 0. The molecule has 2 rings (SSSR count). The van der Waals surface area contributed by atoms with Crippen molar-refractivity contribution in [3.05, 3.63) is 30.5 Å². The molecule has 0 fully saturated rings.